The number of aryl methyl sites for hydroxylation is 2. The molecule has 0 atom stereocenters. The lowest BCUT2D eigenvalue weighted by atomic mass is 10.1. The maximum absolute atomic E-state index is 13.5. The van der Waals surface area contributed by atoms with Crippen LogP contribution < -0.4 is 9.64 Å². The van der Waals surface area contributed by atoms with Crippen molar-refractivity contribution in [3.05, 3.63) is 81.7 Å². The SMILES string of the molecule is COc1ccc(N(Cc2cccs2)C(=O)c2oc3cc(C)ccc3c2C)cc1. The predicted octanol–water partition coefficient (Wildman–Crippen LogP) is 5.97. The lowest BCUT2D eigenvalue weighted by Crippen LogP contribution is -2.30. The number of carbonyl (C=O) groups is 1. The third kappa shape index (κ3) is 3.41. The summed E-state index contributed by atoms with van der Waals surface area (Å²) in [5.41, 5.74) is 3.51. The van der Waals surface area contributed by atoms with E-state index in [4.69, 9.17) is 9.15 Å². The van der Waals surface area contributed by atoms with Crippen LogP contribution in [0.2, 0.25) is 0 Å². The van der Waals surface area contributed by atoms with Gasteiger partial charge in [0.15, 0.2) is 5.76 Å². The minimum Gasteiger partial charge on any atom is -0.497 e. The van der Waals surface area contributed by atoms with Crippen molar-refractivity contribution in [2.75, 3.05) is 12.0 Å². The van der Waals surface area contributed by atoms with Gasteiger partial charge in [0.2, 0.25) is 0 Å². The number of carbonyl (C=O) groups excluding carboxylic acids is 1. The van der Waals surface area contributed by atoms with Crippen molar-refractivity contribution in [3.8, 4) is 5.75 Å². The lowest BCUT2D eigenvalue weighted by molar-refractivity contribution is 0.0960. The first kappa shape index (κ1) is 18.3. The molecular formula is C23H21NO3S. The minimum atomic E-state index is -0.148. The second-order valence-corrected chi connectivity index (χ2v) is 7.76. The third-order valence-corrected chi connectivity index (χ3v) is 5.67. The van der Waals surface area contributed by atoms with Crippen LogP contribution in [0.4, 0.5) is 5.69 Å². The molecule has 0 fully saturated rings. The second kappa shape index (κ2) is 7.52. The van der Waals surface area contributed by atoms with Gasteiger partial charge in [0.1, 0.15) is 11.3 Å². The maximum atomic E-state index is 13.5. The van der Waals surface area contributed by atoms with E-state index in [1.165, 1.54) is 0 Å². The van der Waals surface area contributed by atoms with Crippen molar-refractivity contribution in [2.45, 2.75) is 20.4 Å². The molecule has 0 spiro atoms. The molecule has 2 aromatic heterocycles. The van der Waals surface area contributed by atoms with Gasteiger partial charge in [0, 0.05) is 21.5 Å². The molecule has 0 saturated carbocycles. The van der Waals surface area contributed by atoms with Gasteiger partial charge < -0.3 is 14.1 Å². The van der Waals surface area contributed by atoms with Crippen molar-refractivity contribution in [1.82, 2.24) is 0 Å². The van der Waals surface area contributed by atoms with Crippen LogP contribution in [0.3, 0.4) is 0 Å². The summed E-state index contributed by atoms with van der Waals surface area (Å²) in [4.78, 5) is 16.4. The Bertz CT molecular complexity index is 1110. The Balaban J connectivity index is 1.76. The van der Waals surface area contributed by atoms with E-state index in [0.29, 0.717) is 12.3 Å². The van der Waals surface area contributed by atoms with Gasteiger partial charge in [-0.15, -0.1) is 11.3 Å². The molecule has 0 aliphatic rings. The fourth-order valence-electron chi connectivity index (χ4n) is 3.26. The van der Waals surface area contributed by atoms with Crippen LogP contribution in [-0.2, 0) is 6.54 Å². The van der Waals surface area contributed by atoms with Crippen molar-refractivity contribution in [2.24, 2.45) is 0 Å². The van der Waals surface area contributed by atoms with Crippen LogP contribution in [0.25, 0.3) is 11.0 Å². The number of anilines is 1. The van der Waals surface area contributed by atoms with Gasteiger partial charge in [-0.2, -0.15) is 0 Å². The Labute approximate surface area is 168 Å². The number of ether oxygens (including phenoxy) is 1. The number of fused-ring (bicyclic) bond motifs is 1. The van der Waals surface area contributed by atoms with Crippen LogP contribution in [0.15, 0.2) is 64.4 Å². The standard InChI is InChI=1S/C23H21NO3S/c1-15-6-11-20-16(2)22(27-21(20)13-15)23(25)24(14-19-5-4-12-28-19)17-7-9-18(26-3)10-8-17/h4-13H,14H2,1-3H3. The number of thiophene rings is 1. The molecule has 4 rings (SSSR count). The van der Waals surface area contributed by atoms with Gasteiger partial charge in [-0.05, 0) is 61.2 Å². The highest BCUT2D eigenvalue weighted by molar-refractivity contribution is 7.09. The van der Waals surface area contributed by atoms with E-state index in [1.54, 1.807) is 23.3 Å². The molecule has 0 unspecified atom stereocenters. The van der Waals surface area contributed by atoms with E-state index in [-0.39, 0.29) is 5.91 Å². The number of nitrogens with zero attached hydrogens (tertiary/aromatic N) is 1. The molecule has 1 amide bonds. The normalized spacial score (nSPS) is 11.0. The van der Waals surface area contributed by atoms with E-state index in [9.17, 15) is 4.79 Å². The Morgan fingerprint density at radius 1 is 1.11 bits per heavy atom. The second-order valence-electron chi connectivity index (χ2n) is 6.72. The van der Waals surface area contributed by atoms with Gasteiger partial charge in [-0.25, -0.2) is 0 Å². The molecule has 5 heteroatoms. The molecule has 0 N–H and O–H groups in total. The number of methoxy groups -OCH3 is 1. The average molecular weight is 391 g/mol. The van der Waals surface area contributed by atoms with Crippen LogP contribution >= 0.6 is 11.3 Å². The van der Waals surface area contributed by atoms with Gasteiger partial charge in [-0.3, -0.25) is 4.79 Å². The van der Waals surface area contributed by atoms with E-state index < -0.39 is 0 Å². The van der Waals surface area contributed by atoms with Crippen molar-refractivity contribution < 1.29 is 13.9 Å². The maximum Gasteiger partial charge on any atom is 0.294 e. The first-order chi connectivity index (χ1) is 13.6. The minimum absolute atomic E-state index is 0.148. The molecule has 0 aliphatic heterocycles. The molecule has 4 aromatic rings. The summed E-state index contributed by atoms with van der Waals surface area (Å²) >= 11 is 1.63. The van der Waals surface area contributed by atoms with Gasteiger partial charge >= 0.3 is 0 Å². The zero-order valence-corrected chi connectivity index (χ0v) is 16.9. The summed E-state index contributed by atoms with van der Waals surface area (Å²) in [5, 5.41) is 2.99. The molecule has 2 aromatic carbocycles. The van der Waals surface area contributed by atoms with Crippen LogP contribution in [0.1, 0.15) is 26.6 Å². The van der Waals surface area contributed by atoms with E-state index in [1.807, 2.05) is 73.8 Å². The quantitative estimate of drug-likeness (QED) is 0.421. The van der Waals surface area contributed by atoms with Gasteiger partial charge in [0.05, 0.1) is 13.7 Å². The highest BCUT2D eigenvalue weighted by Gasteiger charge is 2.25. The molecular weight excluding hydrogens is 370 g/mol. The number of furan rings is 1. The molecule has 0 bridgehead atoms. The van der Waals surface area contributed by atoms with Crippen LogP contribution in [0.5, 0.6) is 5.75 Å². The highest BCUT2D eigenvalue weighted by atomic mass is 32.1. The number of hydrogen-bond acceptors (Lipinski definition) is 4. The van der Waals surface area contributed by atoms with E-state index in [2.05, 4.69) is 0 Å². The van der Waals surface area contributed by atoms with Crippen molar-refractivity contribution in [3.63, 3.8) is 0 Å². The molecule has 0 saturated heterocycles. The number of hydrogen-bond donors (Lipinski definition) is 0. The monoisotopic (exact) mass is 391 g/mol. The fraction of sp³-hybridized carbons (Fsp3) is 0.174. The number of rotatable bonds is 5. The Morgan fingerprint density at radius 3 is 2.57 bits per heavy atom. The van der Waals surface area contributed by atoms with E-state index >= 15 is 0 Å². The molecule has 0 aliphatic carbocycles. The summed E-state index contributed by atoms with van der Waals surface area (Å²) in [6, 6.07) is 17.5. The lowest BCUT2D eigenvalue weighted by Gasteiger charge is -2.22. The Morgan fingerprint density at radius 2 is 1.89 bits per heavy atom. The van der Waals surface area contributed by atoms with Gasteiger partial charge in [0.25, 0.3) is 5.91 Å². The summed E-state index contributed by atoms with van der Waals surface area (Å²) in [5.74, 6) is 0.987. The Kier molecular flexibility index (Phi) is 4.92. The first-order valence-corrected chi connectivity index (χ1v) is 9.93. The molecule has 2 heterocycles. The van der Waals surface area contributed by atoms with E-state index in [0.717, 1.165) is 38.4 Å². The molecule has 0 radical (unpaired) electrons. The van der Waals surface area contributed by atoms with Crippen LogP contribution in [0, 0.1) is 13.8 Å². The predicted molar refractivity (Wildman–Crippen MR) is 114 cm³/mol. The molecule has 28 heavy (non-hydrogen) atoms. The topological polar surface area (TPSA) is 42.7 Å². The number of benzene rings is 2. The third-order valence-electron chi connectivity index (χ3n) is 4.81. The van der Waals surface area contributed by atoms with Crippen LogP contribution in [-0.4, -0.2) is 13.0 Å². The first-order valence-electron chi connectivity index (χ1n) is 9.05. The summed E-state index contributed by atoms with van der Waals surface area (Å²) < 4.78 is 11.2. The zero-order chi connectivity index (χ0) is 19.7. The Hall–Kier alpha value is -3.05. The average Bonchev–Trinajstić information content (AvgIpc) is 3.33. The molecule has 142 valence electrons. The smallest absolute Gasteiger partial charge is 0.294 e. The summed E-state index contributed by atoms with van der Waals surface area (Å²) in [6.45, 7) is 4.43. The highest BCUT2D eigenvalue weighted by Crippen LogP contribution is 2.30. The van der Waals surface area contributed by atoms with Crippen molar-refractivity contribution in [1.29, 1.82) is 0 Å². The summed E-state index contributed by atoms with van der Waals surface area (Å²) in [7, 11) is 1.63. The molecule has 4 nitrogen and oxygen atoms in total. The number of amides is 1. The fourth-order valence-corrected chi connectivity index (χ4v) is 3.95. The van der Waals surface area contributed by atoms with Crippen molar-refractivity contribution >= 4 is 33.9 Å². The zero-order valence-electron chi connectivity index (χ0n) is 16.1. The van der Waals surface area contributed by atoms with Gasteiger partial charge in [-0.1, -0.05) is 18.2 Å². The largest absolute Gasteiger partial charge is 0.497 e. The summed E-state index contributed by atoms with van der Waals surface area (Å²) in [6.07, 6.45) is 0.